The zero-order valence-corrected chi connectivity index (χ0v) is 50.1. The Bertz CT molecular complexity index is 3130. The minimum Gasteiger partial charge on any atom is -0.508 e. The Morgan fingerprint density at radius 2 is 1.32 bits per heavy atom. The fourth-order valence-corrected chi connectivity index (χ4v) is 9.69. The van der Waals surface area contributed by atoms with Crippen molar-refractivity contribution in [3.63, 3.8) is 0 Å². The van der Waals surface area contributed by atoms with Crippen LogP contribution in [0.2, 0.25) is 0 Å². The van der Waals surface area contributed by atoms with Gasteiger partial charge in [-0.15, -0.1) is 0 Å². The minimum atomic E-state index is -1.68. The Kier molecular flexibility index (Phi) is 27.2. The molecule has 472 valence electrons. The Hall–Kier alpha value is -9.07. The lowest BCUT2D eigenvalue weighted by Crippen LogP contribution is -2.53. The van der Waals surface area contributed by atoms with Crippen LogP contribution in [-0.4, -0.2) is 142 Å². The molecule has 16 N–H and O–H groups in total. The number of fused-ring (bicyclic) bond motifs is 1. The number of phenols is 1. The van der Waals surface area contributed by atoms with Crippen LogP contribution in [0.25, 0.3) is 10.9 Å². The molecule has 4 aromatic rings. The van der Waals surface area contributed by atoms with E-state index >= 15 is 0 Å². The van der Waals surface area contributed by atoms with Crippen LogP contribution in [0.5, 0.6) is 5.75 Å². The van der Waals surface area contributed by atoms with E-state index in [-0.39, 0.29) is 61.8 Å². The Labute approximate surface area is 504 Å². The highest BCUT2D eigenvalue weighted by Gasteiger charge is 2.39. The summed E-state index contributed by atoms with van der Waals surface area (Å²) in [7, 11) is 1.49. The van der Waals surface area contributed by atoms with Crippen LogP contribution in [0.3, 0.4) is 0 Å². The van der Waals surface area contributed by atoms with Crippen molar-refractivity contribution in [1.82, 2.24) is 42.2 Å². The highest BCUT2D eigenvalue weighted by Crippen LogP contribution is 2.26. The lowest BCUT2D eigenvalue weighted by atomic mass is 9.82. The number of hydrogen-bond acceptors (Lipinski definition) is 14. The van der Waals surface area contributed by atoms with Gasteiger partial charge in [0.25, 0.3) is 0 Å². The summed E-state index contributed by atoms with van der Waals surface area (Å²) in [5, 5.41) is 39.6. The quantitative estimate of drug-likeness (QED) is 0.0174. The molecule has 0 spiro atoms. The van der Waals surface area contributed by atoms with Gasteiger partial charge in [0.2, 0.25) is 35.4 Å². The molecule has 0 aliphatic carbocycles. The van der Waals surface area contributed by atoms with Gasteiger partial charge in [-0.05, 0) is 92.0 Å². The number of aliphatic hydroxyl groups is 1. The zero-order chi connectivity index (χ0) is 64.7. The van der Waals surface area contributed by atoms with E-state index in [1.54, 1.807) is 32.2 Å². The smallest absolute Gasteiger partial charge is 0.315 e. The number of carbonyl (C=O) groups excluding carboxylic acids is 11. The first-order valence-corrected chi connectivity index (χ1v) is 28.6. The molecule has 0 saturated heterocycles. The summed E-state index contributed by atoms with van der Waals surface area (Å²) in [6, 6.07) is 10.7. The summed E-state index contributed by atoms with van der Waals surface area (Å²) in [6.07, 6.45) is -2.11. The number of hydrogen-bond donors (Lipinski definition) is 13. The standard InChI is InChI=1S/C61H83FN12O13/c1-33(2)22-45(50(78)27-38(13-11-21-67-59(65)66-7)56(84)72-49(55(64)83)26-39-31-68-44-16-9-8-15-42(39)44)74-60(87)69-32-53(81)47(25-37-12-10-14-40(62)23-37)71-57(85)43(34(3)75)28-51(79)48(29-54(63)82)73-58(86)61(5,6)30-52(80)46(70-35(4)76)24-36-17-19-41(77)20-18-36/h8-10,12,14-20,23,31,33-34,38,43,45-49,68,75,77H,11,13,21-22,24-30,32H2,1-7H3,(H2,63,82)(H2,64,83)(H,70,76)(H,71,85)(H,72,84)(H,73,86)(H3,65,66,67)(H2,69,74,87)/t34-,38-,43+,45+,46-,47+,48+,49+/m1/s1. The first kappa shape index (κ1) is 70.4. The second-order valence-electron chi connectivity index (χ2n) is 22.8. The van der Waals surface area contributed by atoms with Crippen molar-refractivity contribution in [1.29, 1.82) is 0 Å². The van der Waals surface area contributed by atoms with E-state index in [0.29, 0.717) is 12.0 Å². The van der Waals surface area contributed by atoms with Crippen molar-refractivity contribution >= 4 is 81.5 Å². The number of carbonyl (C=O) groups is 11. The van der Waals surface area contributed by atoms with E-state index in [4.69, 9.17) is 17.2 Å². The van der Waals surface area contributed by atoms with Gasteiger partial charge < -0.3 is 69.6 Å². The van der Waals surface area contributed by atoms with Gasteiger partial charge in [-0.2, -0.15) is 0 Å². The van der Waals surface area contributed by atoms with Crippen molar-refractivity contribution in [2.75, 3.05) is 20.1 Å². The molecule has 4 rings (SSSR count). The van der Waals surface area contributed by atoms with Crippen molar-refractivity contribution < 1.29 is 67.3 Å². The third kappa shape index (κ3) is 23.4. The first-order chi connectivity index (χ1) is 41.0. The molecule has 0 radical (unpaired) electrons. The number of guanidine groups is 1. The fraction of sp³-hybridized carbons (Fsp3) is 0.475. The number of nitrogens with one attached hydrogen (secondary N) is 8. The van der Waals surface area contributed by atoms with E-state index in [9.17, 15) is 67.3 Å². The highest BCUT2D eigenvalue weighted by molar-refractivity contribution is 6.00. The molecule has 0 aliphatic heterocycles. The van der Waals surface area contributed by atoms with Crippen LogP contribution in [0.15, 0.2) is 84.0 Å². The number of aliphatic hydroxyl groups excluding tert-OH is 1. The summed E-state index contributed by atoms with van der Waals surface area (Å²) in [4.78, 5) is 156. The van der Waals surface area contributed by atoms with E-state index in [1.165, 1.54) is 59.0 Å². The summed E-state index contributed by atoms with van der Waals surface area (Å²) in [5.74, 6) is -11.3. The molecular formula is C61H83FN12O13. The zero-order valence-electron chi connectivity index (χ0n) is 50.1. The van der Waals surface area contributed by atoms with Gasteiger partial charge >= 0.3 is 6.03 Å². The maximum absolute atomic E-state index is 14.5. The molecule has 87 heavy (non-hydrogen) atoms. The number of aromatic amines is 1. The Balaban J connectivity index is 1.49. The van der Waals surface area contributed by atoms with Crippen molar-refractivity contribution in [2.45, 2.75) is 142 Å². The van der Waals surface area contributed by atoms with E-state index < -0.39 is 156 Å². The van der Waals surface area contributed by atoms with Crippen LogP contribution in [0, 0.1) is 29.0 Å². The average Bonchev–Trinajstić information content (AvgIpc) is 2.62. The predicted molar refractivity (Wildman–Crippen MR) is 321 cm³/mol. The van der Waals surface area contributed by atoms with Crippen LogP contribution in [0.1, 0.15) is 103 Å². The summed E-state index contributed by atoms with van der Waals surface area (Å²) in [6.45, 7) is 8.25. The van der Waals surface area contributed by atoms with Gasteiger partial charge in [0.15, 0.2) is 29.1 Å². The van der Waals surface area contributed by atoms with Gasteiger partial charge in [0.1, 0.15) is 17.6 Å². The Morgan fingerprint density at radius 1 is 0.678 bits per heavy atom. The van der Waals surface area contributed by atoms with Gasteiger partial charge in [-0.3, -0.25) is 52.9 Å². The number of amides is 8. The molecule has 26 heteroatoms. The van der Waals surface area contributed by atoms with Gasteiger partial charge in [-0.25, -0.2) is 9.18 Å². The molecule has 8 amide bonds. The number of aromatic nitrogens is 1. The summed E-state index contributed by atoms with van der Waals surface area (Å²) < 4.78 is 14.5. The lowest BCUT2D eigenvalue weighted by molar-refractivity contribution is -0.139. The predicted octanol–water partition coefficient (Wildman–Crippen LogP) is 1.47. The van der Waals surface area contributed by atoms with Gasteiger partial charge in [0, 0.05) is 69.2 Å². The number of halogens is 1. The van der Waals surface area contributed by atoms with E-state index in [1.807, 2.05) is 24.3 Å². The maximum Gasteiger partial charge on any atom is 0.315 e. The third-order valence-corrected chi connectivity index (χ3v) is 14.5. The van der Waals surface area contributed by atoms with Crippen LogP contribution in [-0.2, 0) is 67.2 Å². The van der Waals surface area contributed by atoms with E-state index in [0.717, 1.165) is 28.6 Å². The normalized spacial score (nSPS) is 14.4. The number of urea groups is 1. The summed E-state index contributed by atoms with van der Waals surface area (Å²) >= 11 is 0. The lowest BCUT2D eigenvalue weighted by Gasteiger charge is -2.29. The van der Waals surface area contributed by atoms with Crippen LogP contribution >= 0.6 is 0 Å². The van der Waals surface area contributed by atoms with Crippen LogP contribution in [0.4, 0.5) is 9.18 Å². The number of nitrogens with two attached hydrogens (primary N) is 3. The number of Topliss-reactive ketones (excluding diaryl/α,β-unsaturated/α-hetero) is 4. The van der Waals surface area contributed by atoms with Crippen LogP contribution < -0.4 is 54.4 Å². The average molecular weight is 1210 g/mol. The second-order valence-corrected chi connectivity index (χ2v) is 22.8. The number of para-hydroxylation sites is 1. The summed E-state index contributed by atoms with van der Waals surface area (Å²) in [5.41, 5.74) is 17.8. The SMILES string of the molecule is CN=C(N)NCCC[C@H](CC(=O)[C@H](CC(C)C)NC(=O)NCC(=O)[C@H](Cc1cccc(F)c1)NC(=O)[C@@H](CC(=O)[C@H](CC(N)=O)NC(=O)C(C)(C)CC(=O)[C@@H](Cc1ccc(O)cc1)NC(C)=O)[C@@H](C)O)C(=O)N[C@@H](Cc1c[nH]c2ccccc12)C(N)=O. The van der Waals surface area contributed by atoms with Gasteiger partial charge in [0.05, 0.1) is 54.6 Å². The molecule has 0 fully saturated rings. The maximum atomic E-state index is 14.5. The van der Waals surface area contributed by atoms with Crippen molar-refractivity contribution in [3.05, 3.63) is 102 Å². The number of nitrogens with zero attached hydrogens (tertiary/aromatic N) is 1. The molecule has 1 aromatic heterocycles. The topological polar surface area (TPSA) is 419 Å². The van der Waals surface area contributed by atoms with Gasteiger partial charge in [-0.1, -0.05) is 70.2 Å². The monoisotopic (exact) mass is 1210 g/mol. The molecule has 3 aromatic carbocycles. The largest absolute Gasteiger partial charge is 0.508 e. The molecule has 0 saturated carbocycles. The molecule has 0 unspecified atom stereocenters. The third-order valence-electron chi connectivity index (χ3n) is 14.5. The molecule has 0 aliphatic rings. The molecule has 25 nitrogen and oxygen atoms in total. The molecular weight excluding hydrogens is 1130 g/mol. The number of rotatable bonds is 36. The van der Waals surface area contributed by atoms with Crippen molar-refractivity contribution in [3.8, 4) is 5.75 Å². The second kappa shape index (κ2) is 33.6. The molecule has 1 heterocycles. The number of phenolic OH excluding ortho intramolecular Hbond substituents is 1. The number of H-pyrrole nitrogens is 1. The van der Waals surface area contributed by atoms with Crippen molar-refractivity contribution in [2.24, 2.45) is 45.4 Å². The molecule has 0 bridgehead atoms. The van der Waals surface area contributed by atoms with E-state index in [2.05, 4.69) is 47.2 Å². The number of benzene rings is 3. The highest BCUT2D eigenvalue weighted by atomic mass is 19.1. The first-order valence-electron chi connectivity index (χ1n) is 28.6. The minimum absolute atomic E-state index is 0.0133. The fourth-order valence-electron chi connectivity index (χ4n) is 9.69. The number of primary amides is 2. The number of aliphatic imine (C=N–C) groups is 1. The Morgan fingerprint density at radius 3 is 1.94 bits per heavy atom. The number of ketones is 4. The molecule has 8 atom stereocenters. The number of aromatic hydroxyl groups is 1.